The highest BCUT2D eigenvalue weighted by molar-refractivity contribution is 5.99. The molecule has 0 radical (unpaired) electrons. The number of carbonyl (C=O) groups excluding carboxylic acids is 1. The number of carboxylic acid groups (broad SMARTS) is 1. The molecule has 0 bridgehead atoms. The summed E-state index contributed by atoms with van der Waals surface area (Å²) in [5.74, 6) is -1.87. The molecule has 0 spiro atoms. The van der Waals surface area contributed by atoms with Crippen molar-refractivity contribution in [2.24, 2.45) is 0 Å². The molecule has 1 atom stereocenters. The monoisotopic (exact) mass is 296 g/mol. The summed E-state index contributed by atoms with van der Waals surface area (Å²) in [6.07, 6.45) is 0. The van der Waals surface area contributed by atoms with Gasteiger partial charge in [-0.2, -0.15) is 0 Å². The number of methoxy groups -OCH3 is 1. The van der Waals surface area contributed by atoms with E-state index in [1.807, 2.05) is 0 Å². The van der Waals surface area contributed by atoms with E-state index in [9.17, 15) is 19.7 Å². The largest absolute Gasteiger partial charge is 0.479 e. The predicted octanol–water partition coefficient (Wildman–Crippen LogP) is 1.12. The van der Waals surface area contributed by atoms with E-state index in [0.29, 0.717) is 5.56 Å². The molecule has 2 N–H and O–H groups in total. The number of nitro groups is 1. The summed E-state index contributed by atoms with van der Waals surface area (Å²) < 4.78 is 4.80. The van der Waals surface area contributed by atoms with Gasteiger partial charge in [0.1, 0.15) is 0 Å². The lowest BCUT2D eigenvalue weighted by molar-refractivity contribution is -0.384. The van der Waals surface area contributed by atoms with Crippen molar-refractivity contribution in [3.8, 4) is 0 Å². The van der Waals surface area contributed by atoms with Crippen LogP contribution in [0.25, 0.3) is 0 Å². The number of hydrogen-bond acceptors (Lipinski definition) is 5. The van der Waals surface area contributed by atoms with E-state index in [0.717, 1.165) is 0 Å². The van der Waals surface area contributed by atoms with Crippen LogP contribution < -0.4 is 5.32 Å². The molecule has 1 unspecified atom stereocenters. The number of non-ortho nitro benzene ring substituents is 1. The summed E-state index contributed by atoms with van der Waals surface area (Å²) in [5, 5.41) is 22.2. The number of benzene rings is 1. The number of aliphatic carboxylic acids is 1. The minimum absolute atomic E-state index is 0.137. The van der Waals surface area contributed by atoms with Crippen molar-refractivity contribution in [2.45, 2.75) is 19.4 Å². The number of nitrogens with zero attached hydrogens (tertiary/aromatic N) is 1. The fraction of sp³-hybridized carbons (Fsp3) is 0.385. The highest BCUT2D eigenvalue weighted by Gasteiger charge is 2.35. The normalized spacial score (nSPS) is 13.3. The molecule has 1 aromatic rings. The second kappa shape index (κ2) is 6.31. The Labute approximate surface area is 120 Å². The summed E-state index contributed by atoms with van der Waals surface area (Å²) in [5.41, 5.74) is -1.17. The predicted molar refractivity (Wildman–Crippen MR) is 73.2 cm³/mol. The third-order valence-corrected chi connectivity index (χ3v) is 2.96. The molecule has 0 aliphatic rings. The molecule has 0 saturated heterocycles. The third-order valence-electron chi connectivity index (χ3n) is 2.96. The van der Waals surface area contributed by atoms with Crippen molar-refractivity contribution in [2.75, 3.05) is 13.7 Å². The highest BCUT2D eigenvalue weighted by atomic mass is 16.6. The Balaban J connectivity index is 3.04. The fourth-order valence-corrected chi connectivity index (χ4v) is 1.77. The van der Waals surface area contributed by atoms with Crippen LogP contribution in [-0.2, 0) is 9.53 Å². The van der Waals surface area contributed by atoms with Crippen LogP contribution >= 0.6 is 0 Å². The lowest BCUT2D eigenvalue weighted by Gasteiger charge is -2.25. The lowest BCUT2D eigenvalue weighted by Crippen LogP contribution is -2.55. The van der Waals surface area contributed by atoms with Crippen LogP contribution in [0.15, 0.2) is 18.2 Å². The van der Waals surface area contributed by atoms with E-state index in [1.54, 1.807) is 0 Å². The Kier molecular flexibility index (Phi) is 4.98. The molecular weight excluding hydrogens is 280 g/mol. The summed E-state index contributed by atoms with van der Waals surface area (Å²) in [7, 11) is 1.32. The summed E-state index contributed by atoms with van der Waals surface area (Å²) in [6, 6.07) is 3.73. The van der Waals surface area contributed by atoms with Gasteiger partial charge in [-0.3, -0.25) is 14.9 Å². The Bertz CT molecular complexity index is 586. The van der Waals surface area contributed by atoms with Gasteiger partial charge < -0.3 is 15.2 Å². The number of ether oxygens (including phenoxy) is 1. The van der Waals surface area contributed by atoms with Crippen molar-refractivity contribution >= 4 is 17.6 Å². The molecular formula is C13H16N2O6. The van der Waals surface area contributed by atoms with Gasteiger partial charge in [0.15, 0.2) is 5.54 Å². The molecule has 21 heavy (non-hydrogen) atoms. The van der Waals surface area contributed by atoms with E-state index >= 15 is 0 Å². The minimum atomic E-state index is -1.58. The van der Waals surface area contributed by atoms with Crippen molar-refractivity contribution < 1.29 is 24.4 Å². The number of nitrogens with one attached hydrogen (secondary N) is 1. The van der Waals surface area contributed by atoms with E-state index < -0.39 is 22.3 Å². The van der Waals surface area contributed by atoms with Gasteiger partial charge >= 0.3 is 5.97 Å². The molecule has 1 rings (SSSR count). The van der Waals surface area contributed by atoms with Crippen LogP contribution in [0.4, 0.5) is 5.69 Å². The smallest absolute Gasteiger partial charge is 0.331 e. The molecule has 1 aromatic carbocycles. The zero-order valence-corrected chi connectivity index (χ0v) is 11.9. The zero-order valence-electron chi connectivity index (χ0n) is 11.9. The van der Waals surface area contributed by atoms with Gasteiger partial charge in [0.25, 0.3) is 11.6 Å². The topological polar surface area (TPSA) is 119 Å². The maximum Gasteiger partial charge on any atom is 0.331 e. The molecule has 8 nitrogen and oxygen atoms in total. The van der Waals surface area contributed by atoms with E-state index in [1.165, 1.54) is 39.2 Å². The number of carboxylic acids is 1. The van der Waals surface area contributed by atoms with Crippen LogP contribution in [-0.4, -0.2) is 41.2 Å². The molecule has 8 heteroatoms. The number of amides is 1. The van der Waals surface area contributed by atoms with Crippen LogP contribution in [0.1, 0.15) is 22.8 Å². The number of aryl methyl sites for hydroxylation is 1. The van der Waals surface area contributed by atoms with Gasteiger partial charge in [0.2, 0.25) is 0 Å². The van der Waals surface area contributed by atoms with Gasteiger partial charge in [-0.15, -0.1) is 0 Å². The minimum Gasteiger partial charge on any atom is -0.479 e. The Hall–Kier alpha value is -2.48. The molecule has 0 aliphatic heterocycles. The van der Waals surface area contributed by atoms with Crippen molar-refractivity contribution in [3.05, 3.63) is 39.4 Å². The molecule has 0 fully saturated rings. The second-order valence-corrected chi connectivity index (χ2v) is 4.78. The van der Waals surface area contributed by atoms with Crippen molar-refractivity contribution in [1.82, 2.24) is 5.32 Å². The molecule has 0 heterocycles. The average molecular weight is 296 g/mol. The molecule has 0 aliphatic carbocycles. The first kappa shape index (κ1) is 16.6. The first-order valence-electron chi connectivity index (χ1n) is 6.01. The highest BCUT2D eigenvalue weighted by Crippen LogP contribution is 2.18. The Morgan fingerprint density at radius 1 is 1.48 bits per heavy atom. The Morgan fingerprint density at radius 3 is 2.52 bits per heavy atom. The van der Waals surface area contributed by atoms with Gasteiger partial charge in [-0.1, -0.05) is 0 Å². The molecule has 114 valence electrons. The molecule has 0 aromatic heterocycles. The molecule has 0 saturated carbocycles. The Morgan fingerprint density at radius 2 is 2.10 bits per heavy atom. The standard InChI is InChI=1S/C13H16N2O6/c1-8-6-9(15(19)20)4-5-10(8)11(16)14-13(2,7-21-3)12(17)18/h4-6H,7H2,1-3H3,(H,14,16)(H,17,18). The van der Waals surface area contributed by atoms with Gasteiger partial charge in [-0.05, 0) is 25.5 Å². The quantitative estimate of drug-likeness (QED) is 0.599. The van der Waals surface area contributed by atoms with E-state index in [4.69, 9.17) is 9.84 Å². The van der Waals surface area contributed by atoms with Crippen molar-refractivity contribution in [3.63, 3.8) is 0 Å². The molecule has 1 amide bonds. The fourth-order valence-electron chi connectivity index (χ4n) is 1.77. The number of carbonyl (C=O) groups is 2. The van der Waals surface area contributed by atoms with Crippen molar-refractivity contribution in [1.29, 1.82) is 0 Å². The number of rotatable bonds is 6. The summed E-state index contributed by atoms with van der Waals surface area (Å²) in [4.78, 5) is 33.4. The maximum atomic E-state index is 12.1. The SMILES string of the molecule is COCC(C)(NC(=O)c1ccc([N+](=O)[O-])cc1C)C(=O)O. The summed E-state index contributed by atoms with van der Waals surface area (Å²) in [6.45, 7) is 2.65. The third kappa shape index (κ3) is 3.76. The van der Waals surface area contributed by atoms with Crippen LogP contribution in [0.5, 0.6) is 0 Å². The van der Waals surface area contributed by atoms with Crippen LogP contribution in [0.2, 0.25) is 0 Å². The number of hydrogen-bond donors (Lipinski definition) is 2. The number of nitro benzene ring substituents is 1. The van der Waals surface area contributed by atoms with Crippen LogP contribution in [0, 0.1) is 17.0 Å². The summed E-state index contributed by atoms with van der Waals surface area (Å²) >= 11 is 0. The van der Waals surface area contributed by atoms with E-state index in [-0.39, 0.29) is 17.9 Å². The first-order chi connectivity index (χ1) is 9.71. The van der Waals surface area contributed by atoms with Gasteiger partial charge in [0.05, 0.1) is 11.5 Å². The first-order valence-corrected chi connectivity index (χ1v) is 6.01. The van der Waals surface area contributed by atoms with Gasteiger partial charge in [-0.25, -0.2) is 4.79 Å². The second-order valence-electron chi connectivity index (χ2n) is 4.78. The van der Waals surface area contributed by atoms with E-state index in [2.05, 4.69) is 5.32 Å². The van der Waals surface area contributed by atoms with Crippen LogP contribution in [0.3, 0.4) is 0 Å². The lowest BCUT2D eigenvalue weighted by atomic mass is 10.0. The average Bonchev–Trinajstić information content (AvgIpc) is 2.38. The zero-order chi connectivity index (χ0) is 16.2. The van der Waals surface area contributed by atoms with Gasteiger partial charge in [0, 0.05) is 24.8 Å². The maximum absolute atomic E-state index is 12.1.